The SMILES string of the molecule is C#Cc1c(F)ccc2cc(O)cc([SH](C)C)c12. The number of hydrogen-bond acceptors (Lipinski definition) is 1. The molecule has 17 heavy (non-hydrogen) atoms. The molecule has 2 aromatic rings. The smallest absolute Gasteiger partial charge is 0.139 e. The molecule has 88 valence electrons. The molecule has 0 amide bonds. The van der Waals surface area contributed by atoms with Gasteiger partial charge in [0, 0.05) is 5.39 Å². The van der Waals surface area contributed by atoms with Crippen LogP contribution in [0, 0.1) is 18.2 Å². The number of terminal acetylenes is 1. The van der Waals surface area contributed by atoms with Gasteiger partial charge in [-0.1, -0.05) is 12.0 Å². The van der Waals surface area contributed by atoms with Gasteiger partial charge in [0.25, 0.3) is 0 Å². The lowest BCUT2D eigenvalue weighted by atomic mass is 10.0. The molecule has 1 N–H and O–H groups in total. The first-order valence-electron chi connectivity index (χ1n) is 5.13. The molecule has 0 aliphatic heterocycles. The zero-order chi connectivity index (χ0) is 12.6. The van der Waals surface area contributed by atoms with E-state index in [-0.39, 0.29) is 17.1 Å². The first-order valence-corrected chi connectivity index (χ1v) is 7.37. The van der Waals surface area contributed by atoms with Crippen LogP contribution in [-0.4, -0.2) is 17.6 Å². The summed E-state index contributed by atoms with van der Waals surface area (Å²) in [7, 11) is -0.468. The van der Waals surface area contributed by atoms with E-state index in [0.717, 1.165) is 15.7 Å². The monoisotopic (exact) mass is 248 g/mol. The summed E-state index contributed by atoms with van der Waals surface area (Å²) in [6, 6.07) is 6.27. The molecule has 0 unspecified atom stereocenters. The van der Waals surface area contributed by atoms with Crippen molar-refractivity contribution >= 4 is 21.7 Å². The van der Waals surface area contributed by atoms with Crippen molar-refractivity contribution in [2.24, 2.45) is 0 Å². The molecule has 0 radical (unpaired) electrons. The molecule has 0 aromatic heterocycles. The van der Waals surface area contributed by atoms with Crippen LogP contribution in [0.2, 0.25) is 0 Å². The van der Waals surface area contributed by atoms with Gasteiger partial charge in [0.05, 0.1) is 5.56 Å². The largest absolute Gasteiger partial charge is 0.508 e. The Kier molecular flexibility index (Phi) is 2.99. The summed E-state index contributed by atoms with van der Waals surface area (Å²) in [5, 5.41) is 11.2. The second-order valence-electron chi connectivity index (χ2n) is 4.02. The van der Waals surface area contributed by atoms with E-state index in [4.69, 9.17) is 6.42 Å². The van der Waals surface area contributed by atoms with E-state index in [1.54, 1.807) is 18.2 Å². The standard InChI is InChI=1S/C14H13FOS/c1-4-11-12(15)6-5-9-7-10(16)8-13(14(9)11)17(2)3/h1,5-8,16-17H,2-3H3. The highest BCUT2D eigenvalue weighted by molar-refractivity contribution is 8.16. The maximum atomic E-state index is 13.7. The van der Waals surface area contributed by atoms with Crippen molar-refractivity contribution in [3.05, 3.63) is 35.6 Å². The average molecular weight is 248 g/mol. The lowest BCUT2D eigenvalue weighted by Crippen LogP contribution is -1.91. The summed E-state index contributed by atoms with van der Waals surface area (Å²) in [5.41, 5.74) is 0.286. The molecular formula is C14H13FOS. The number of fused-ring (bicyclic) bond motifs is 1. The Labute approximate surface area is 103 Å². The maximum Gasteiger partial charge on any atom is 0.139 e. The Morgan fingerprint density at radius 3 is 2.59 bits per heavy atom. The van der Waals surface area contributed by atoms with E-state index < -0.39 is 10.9 Å². The Balaban J connectivity index is 2.98. The normalized spacial score (nSPS) is 11.3. The molecule has 3 heteroatoms. The van der Waals surface area contributed by atoms with Crippen molar-refractivity contribution in [3.8, 4) is 18.1 Å². The number of aromatic hydroxyl groups is 1. The van der Waals surface area contributed by atoms with E-state index in [1.807, 2.05) is 0 Å². The van der Waals surface area contributed by atoms with Crippen LogP contribution in [0.15, 0.2) is 29.2 Å². The lowest BCUT2D eigenvalue weighted by Gasteiger charge is -2.15. The number of hydrogen-bond donors (Lipinski definition) is 2. The third-order valence-electron chi connectivity index (χ3n) is 2.66. The van der Waals surface area contributed by atoms with Crippen molar-refractivity contribution in [1.29, 1.82) is 0 Å². The Hall–Kier alpha value is -1.66. The highest BCUT2D eigenvalue weighted by Gasteiger charge is 2.12. The zero-order valence-electron chi connectivity index (χ0n) is 9.66. The van der Waals surface area contributed by atoms with Crippen LogP contribution in [-0.2, 0) is 0 Å². The van der Waals surface area contributed by atoms with Gasteiger partial charge in [-0.15, -0.1) is 6.42 Å². The van der Waals surface area contributed by atoms with Crippen molar-refractivity contribution in [2.45, 2.75) is 4.90 Å². The summed E-state index contributed by atoms with van der Waals surface area (Å²) in [6.07, 6.45) is 9.48. The molecule has 0 spiro atoms. The second-order valence-corrected chi connectivity index (χ2v) is 6.29. The number of phenols is 1. The van der Waals surface area contributed by atoms with Crippen molar-refractivity contribution in [3.63, 3.8) is 0 Å². The molecule has 0 bridgehead atoms. The number of rotatable bonds is 1. The highest BCUT2D eigenvalue weighted by atomic mass is 32.2. The number of phenolic OH excluding ortho intramolecular Hbond substituents is 1. The van der Waals surface area contributed by atoms with Gasteiger partial charge in [-0.2, -0.15) is 0 Å². The molecule has 2 rings (SSSR count). The van der Waals surface area contributed by atoms with Gasteiger partial charge in [0.1, 0.15) is 11.6 Å². The van der Waals surface area contributed by atoms with Crippen LogP contribution in [0.1, 0.15) is 5.56 Å². The average Bonchev–Trinajstić information content (AvgIpc) is 2.28. The summed E-state index contributed by atoms with van der Waals surface area (Å²) in [6.45, 7) is 0. The van der Waals surface area contributed by atoms with Crippen LogP contribution in [0.3, 0.4) is 0 Å². The van der Waals surface area contributed by atoms with Gasteiger partial charge < -0.3 is 5.11 Å². The lowest BCUT2D eigenvalue weighted by molar-refractivity contribution is 0.475. The third kappa shape index (κ3) is 1.96. The minimum absolute atomic E-state index is 0.193. The molecular weight excluding hydrogens is 235 g/mol. The predicted molar refractivity (Wildman–Crippen MR) is 72.6 cm³/mol. The summed E-state index contributed by atoms with van der Waals surface area (Å²) < 4.78 is 13.7. The minimum atomic E-state index is -0.468. The maximum absolute atomic E-state index is 13.7. The fourth-order valence-corrected chi connectivity index (χ4v) is 2.98. The molecule has 0 saturated heterocycles. The third-order valence-corrected chi connectivity index (χ3v) is 3.97. The van der Waals surface area contributed by atoms with Crippen molar-refractivity contribution in [1.82, 2.24) is 0 Å². The fraction of sp³-hybridized carbons (Fsp3) is 0.143. The molecule has 0 saturated carbocycles. The Morgan fingerprint density at radius 1 is 1.29 bits per heavy atom. The van der Waals surface area contributed by atoms with Gasteiger partial charge in [0.2, 0.25) is 0 Å². The summed E-state index contributed by atoms with van der Waals surface area (Å²) in [4.78, 5) is 0.933. The Morgan fingerprint density at radius 2 is 2.00 bits per heavy atom. The summed E-state index contributed by atoms with van der Waals surface area (Å²) >= 11 is 0. The first kappa shape index (κ1) is 11.8. The first-order chi connectivity index (χ1) is 8.04. The predicted octanol–water partition coefficient (Wildman–Crippen LogP) is 3.29. The second kappa shape index (κ2) is 4.31. The quantitative estimate of drug-likeness (QED) is 0.586. The van der Waals surface area contributed by atoms with Gasteiger partial charge in [-0.05, 0) is 41.0 Å². The van der Waals surface area contributed by atoms with Gasteiger partial charge in [-0.25, -0.2) is 15.3 Å². The molecule has 0 heterocycles. The van der Waals surface area contributed by atoms with E-state index in [2.05, 4.69) is 18.4 Å². The molecule has 0 aliphatic carbocycles. The molecule has 1 nitrogen and oxygen atoms in total. The number of benzene rings is 2. The zero-order valence-corrected chi connectivity index (χ0v) is 10.6. The number of thiol groups is 1. The molecule has 0 fully saturated rings. The van der Waals surface area contributed by atoms with E-state index in [1.165, 1.54) is 6.07 Å². The van der Waals surface area contributed by atoms with E-state index >= 15 is 0 Å². The summed E-state index contributed by atoms with van der Waals surface area (Å²) in [5.74, 6) is 2.21. The van der Waals surface area contributed by atoms with Gasteiger partial charge in [0.15, 0.2) is 0 Å². The highest BCUT2D eigenvalue weighted by Crippen LogP contribution is 2.39. The van der Waals surface area contributed by atoms with Gasteiger partial charge in [-0.3, -0.25) is 0 Å². The molecule has 0 aliphatic rings. The van der Waals surface area contributed by atoms with Crippen molar-refractivity contribution in [2.75, 3.05) is 12.5 Å². The van der Waals surface area contributed by atoms with E-state index in [9.17, 15) is 9.50 Å². The van der Waals surface area contributed by atoms with Crippen LogP contribution < -0.4 is 0 Å². The van der Waals surface area contributed by atoms with Crippen molar-refractivity contribution < 1.29 is 9.50 Å². The minimum Gasteiger partial charge on any atom is -0.508 e. The van der Waals surface area contributed by atoms with Crippen LogP contribution >= 0.6 is 10.9 Å². The van der Waals surface area contributed by atoms with Crippen LogP contribution in [0.4, 0.5) is 4.39 Å². The number of halogens is 1. The van der Waals surface area contributed by atoms with E-state index in [0.29, 0.717) is 0 Å². The fourth-order valence-electron chi connectivity index (χ4n) is 1.90. The van der Waals surface area contributed by atoms with Gasteiger partial charge >= 0.3 is 0 Å². The molecule has 2 aromatic carbocycles. The topological polar surface area (TPSA) is 20.2 Å². The van der Waals surface area contributed by atoms with Crippen LogP contribution in [0.25, 0.3) is 10.8 Å². The Bertz CT molecular complexity index is 626. The molecule has 0 atom stereocenters. The van der Waals surface area contributed by atoms with Crippen LogP contribution in [0.5, 0.6) is 5.75 Å².